The minimum Gasteiger partial charge on any atom is -0.454 e. The van der Waals surface area contributed by atoms with Crippen LogP contribution in [0.15, 0.2) is 192 Å². The van der Waals surface area contributed by atoms with E-state index in [2.05, 4.69) is 207 Å². The predicted molar refractivity (Wildman–Crippen MR) is 233 cm³/mol. The Bertz CT molecular complexity index is 3240. The van der Waals surface area contributed by atoms with Gasteiger partial charge in [0.05, 0.1) is 40.6 Å². The van der Waals surface area contributed by atoms with Crippen LogP contribution in [0.3, 0.4) is 0 Å². The van der Waals surface area contributed by atoms with Crippen LogP contribution >= 0.6 is 0 Å². The number of fused-ring (bicyclic) bond motifs is 11. The number of hydrogen-bond donors (Lipinski definition) is 3. The summed E-state index contributed by atoms with van der Waals surface area (Å²) in [5, 5.41) is 18.6. The van der Waals surface area contributed by atoms with Crippen LogP contribution in [0.25, 0.3) is 76.9 Å². The molecule has 1 aliphatic rings. The van der Waals surface area contributed by atoms with E-state index < -0.39 is 0 Å². The first kappa shape index (κ1) is 32.3. The molecule has 0 amide bonds. The molecule has 0 radical (unpaired) electrons. The van der Waals surface area contributed by atoms with Crippen LogP contribution in [0.5, 0.6) is 0 Å². The first-order chi connectivity index (χ1) is 28.3. The molecule has 0 bridgehead atoms. The quantitative estimate of drug-likeness (QED) is 0.165. The van der Waals surface area contributed by atoms with Gasteiger partial charge in [0, 0.05) is 43.7 Å². The van der Waals surface area contributed by atoms with E-state index in [1.54, 1.807) is 0 Å². The lowest BCUT2D eigenvalue weighted by molar-refractivity contribution is 0.203. The molecule has 1 saturated heterocycles. The number of nitrogens with one attached hydrogen (secondary N) is 3. The van der Waals surface area contributed by atoms with Crippen LogP contribution < -0.4 is 16.0 Å². The fourth-order valence-corrected chi connectivity index (χ4v) is 9.29. The maximum absolute atomic E-state index is 6.76. The van der Waals surface area contributed by atoms with Crippen LogP contribution in [0, 0.1) is 0 Å². The number of para-hydroxylation sites is 3. The molecule has 4 heterocycles. The van der Waals surface area contributed by atoms with E-state index in [0.29, 0.717) is 0 Å². The molecule has 6 nitrogen and oxygen atoms in total. The minimum absolute atomic E-state index is 0.0571. The van der Waals surface area contributed by atoms with E-state index in [-0.39, 0.29) is 18.5 Å². The van der Waals surface area contributed by atoms with Gasteiger partial charge in [-0.1, -0.05) is 140 Å². The normalized spacial score (nSPS) is 17.4. The third kappa shape index (κ3) is 5.02. The van der Waals surface area contributed by atoms with Gasteiger partial charge in [0.25, 0.3) is 0 Å². The summed E-state index contributed by atoms with van der Waals surface area (Å²) in [6, 6.07) is 67.2. The van der Waals surface area contributed by atoms with Gasteiger partial charge in [0.2, 0.25) is 0 Å². The van der Waals surface area contributed by atoms with Crippen LogP contribution in [0.1, 0.15) is 35.2 Å². The molecule has 12 rings (SSSR count). The van der Waals surface area contributed by atoms with Crippen molar-refractivity contribution in [2.24, 2.45) is 0 Å². The number of hydrogen-bond acceptors (Lipinski definition) is 4. The summed E-state index contributed by atoms with van der Waals surface area (Å²) in [7, 11) is 0. The van der Waals surface area contributed by atoms with Gasteiger partial charge in [-0.15, -0.1) is 0 Å². The van der Waals surface area contributed by atoms with Crippen LogP contribution in [-0.4, -0.2) is 9.13 Å². The Balaban J connectivity index is 1.11. The van der Waals surface area contributed by atoms with Gasteiger partial charge >= 0.3 is 0 Å². The molecule has 1 aliphatic heterocycles. The first-order valence-electron chi connectivity index (χ1n) is 19.6. The highest BCUT2D eigenvalue weighted by atomic mass is 16.3. The van der Waals surface area contributed by atoms with Crippen molar-refractivity contribution in [2.75, 3.05) is 0 Å². The molecule has 0 spiro atoms. The molecule has 0 aliphatic carbocycles. The smallest absolute Gasteiger partial charge is 0.160 e. The average molecular weight is 736 g/mol. The molecule has 8 aromatic carbocycles. The highest BCUT2D eigenvalue weighted by Crippen LogP contribution is 2.45. The average Bonchev–Trinajstić information content (AvgIpc) is 3.95. The summed E-state index contributed by atoms with van der Waals surface area (Å²) in [5.74, 6) is 0. The summed E-state index contributed by atoms with van der Waals surface area (Å²) in [6.07, 6.45) is -0.243. The zero-order valence-electron chi connectivity index (χ0n) is 30.9. The monoisotopic (exact) mass is 735 g/mol. The Kier molecular flexibility index (Phi) is 7.25. The largest absolute Gasteiger partial charge is 0.454 e. The van der Waals surface area contributed by atoms with Gasteiger partial charge < -0.3 is 13.6 Å². The fraction of sp³-hybridized carbons (Fsp3) is 0.0588. The van der Waals surface area contributed by atoms with Crippen molar-refractivity contribution < 1.29 is 4.42 Å². The second-order valence-electron chi connectivity index (χ2n) is 15.0. The van der Waals surface area contributed by atoms with E-state index in [1.165, 1.54) is 32.8 Å². The molecular formula is C51H37N5O. The number of rotatable bonds is 5. The Hall–Kier alpha value is -6.96. The second kappa shape index (κ2) is 12.8. The summed E-state index contributed by atoms with van der Waals surface area (Å²) < 4.78 is 11.6. The lowest BCUT2D eigenvalue weighted by atomic mass is 10.0. The molecule has 6 heteroatoms. The molecule has 2 unspecified atom stereocenters. The van der Waals surface area contributed by atoms with Crippen molar-refractivity contribution in [3.63, 3.8) is 0 Å². The van der Waals surface area contributed by atoms with Crippen LogP contribution in [-0.2, 0) is 0 Å². The van der Waals surface area contributed by atoms with Crippen LogP contribution in [0.2, 0.25) is 0 Å². The topological polar surface area (TPSA) is 59.1 Å². The van der Waals surface area contributed by atoms with Crippen molar-refractivity contribution in [3.8, 4) is 11.4 Å². The zero-order valence-corrected chi connectivity index (χ0v) is 30.9. The molecular weight excluding hydrogens is 699 g/mol. The van der Waals surface area contributed by atoms with Crippen molar-refractivity contribution in [3.05, 3.63) is 205 Å². The Morgan fingerprint density at radius 2 is 0.912 bits per heavy atom. The van der Waals surface area contributed by atoms with Crippen molar-refractivity contribution >= 4 is 65.6 Å². The third-order valence-corrected chi connectivity index (χ3v) is 11.8. The van der Waals surface area contributed by atoms with Gasteiger partial charge in [0.1, 0.15) is 5.58 Å². The maximum Gasteiger partial charge on any atom is 0.160 e. The molecule has 57 heavy (non-hydrogen) atoms. The second-order valence-corrected chi connectivity index (χ2v) is 15.0. The van der Waals surface area contributed by atoms with Gasteiger partial charge in [-0.05, 0) is 65.2 Å². The summed E-state index contributed by atoms with van der Waals surface area (Å²) in [6.45, 7) is 0. The van der Waals surface area contributed by atoms with E-state index in [0.717, 1.165) is 60.8 Å². The zero-order chi connectivity index (χ0) is 37.5. The van der Waals surface area contributed by atoms with E-state index in [1.807, 2.05) is 6.07 Å². The predicted octanol–water partition coefficient (Wildman–Crippen LogP) is 12.0. The van der Waals surface area contributed by atoms with Gasteiger partial charge in [-0.2, -0.15) is 0 Å². The number of furan rings is 1. The lowest BCUT2D eigenvalue weighted by Gasteiger charge is -2.39. The van der Waals surface area contributed by atoms with E-state index in [4.69, 9.17) is 4.42 Å². The van der Waals surface area contributed by atoms with E-state index in [9.17, 15) is 0 Å². The maximum atomic E-state index is 6.76. The fourth-order valence-electron chi connectivity index (χ4n) is 9.29. The number of benzene rings is 8. The number of nitrogens with zero attached hydrogens (tertiary/aromatic N) is 2. The Labute approximate surface area is 328 Å². The summed E-state index contributed by atoms with van der Waals surface area (Å²) in [4.78, 5) is 0. The van der Waals surface area contributed by atoms with Crippen molar-refractivity contribution in [1.82, 2.24) is 25.1 Å². The highest BCUT2D eigenvalue weighted by Gasteiger charge is 2.30. The first-order valence-corrected chi connectivity index (χ1v) is 19.6. The van der Waals surface area contributed by atoms with Gasteiger partial charge in [-0.3, -0.25) is 16.0 Å². The third-order valence-electron chi connectivity index (χ3n) is 11.8. The molecule has 1 fully saturated rings. The highest BCUT2D eigenvalue weighted by molar-refractivity contribution is 6.29. The van der Waals surface area contributed by atoms with Crippen molar-refractivity contribution in [2.45, 2.75) is 18.5 Å². The summed E-state index contributed by atoms with van der Waals surface area (Å²) >= 11 is 0. The van der Waals surface area contributed by atoms with E-state index >= 15 is 0 Å². The minimum atomic E-state index is -0.129. The molecule has 272 valence electrons. The summed E-state index contributed by atoms with van der Waals surface area (Å²) in [5.41, 5.74) is 12.1. The molecule has 0 saturated carbocycles. The lowest BCUT2D eigenvalue weighted by Crippen LogP contribution is -2.54. The Morgan fingerprint density at radius 1 is 0.368 bits per heavy atom. The van der Waals surface area contributed by atoms with Crippen LogP contribution in [0.4, 0.5) is 0 Å². The Morgan fingerprint density at radius 3 is 1.65 bits per heavy atom. The molecule has 2 atom stereocenters. The van der Waals surface area contributed by atoms with Gasteiger partial charge in [0.15, 0.2) is 5.58 Å². The number of aromatic nitrogens is 2. The van der Waals surface area contributed by atoms with Crippen molar-refractivity contribution in [1.29, 1.82) is 0 Å². The van der Waals surface area contributed by atoms with Gasteiger partial charge in [-0.25, -0.2) is 0 Å². The standard InChI is InChI=1S/C51H37N5O/c1-4-15-32(16-5-1)49-52-50(33-17-6-2-7-18-33)54-51(53-49)34-19-14-22-36(31-34)56-42-25-12-10-23-37(42)39-29-30-43-45(46(39)56)41-28-27-40-38-24-11-13-26-44(38)57-48(40)47(41)55(43)35-20-8-3-9-21-35/h1-31,49-54H. The SMILES string of the molecule is c1ccc(C2NC(c3ccccc3)NC(c3cccc(-n4c5ccccc5c5ccc6c(c7ccc8c9ccccc9oc8c7n6-c6ccccc6)c54)c3)N2)cc1. The molecule has 3 N–H and O–H groups in total. The molecule has 3 aromatic heterocycles. The molecule has 11 aromatic rings.